The second-order valence-corrected chi connectivity index (χ2v) is 5.24. The summed E-state index contributed by atoms with van der Waals surface area (Å²) in [5, 5.41) is 31.3. The van der Waals surface area contributed by atoms with Crippen molar-refractivity contribution in [3.05, 3.63) is 71.9 Å². The molecule has 0 amide bonds. The third-order valence-corrected chi connectivity index (χ3v) is 3.37. The van der Waals surface area contributed by atoms with Crippen molar-refractivity contribution < 1.29 is 10.2 Å². The first-order valence-electron chi connectivity index (χ1n) is 8.04. The largest absolute Gasteiger partial charge is 0.508 e. The van der Waals surface area contributed by atoms with Gasteiger partial charge in [0.15, 0.2) is 0 Å². The minimum Gasteiger partial charge on any atom is -0.508 e. The summed E-state index contributed by atoms with van der Waals surface area (Å²) in [4.78, 5) is 0. The average molecular weight is 326 g/mol. The molecule has 0 bridgehead atoms. The molecule has 128 valence electrons. The summed E-state index contributed by atoms with van der Waals surface area (Å²) in [5.74, 6) is 0.255. The van der Waals surface area contributed by atoms with Crippen LogP contribution in [0.4, 0.5) is 0 Å². The molecular formula is C20H26N2O2. The average Bonchev–Trinajstić information content (AvgIpc) is 2.56. The molecule has 0 radical (unpaired) electrons. The molecule has 0 aliphatic rings. The van der Waals surface area contributed by atoms with Gasteiger partial charge in [-0.3, -0.25) is 0 Å². The van der Waals surface area contributed by atoms with Gasteiger partial charge in [0.05, 0.1) is 6.04 Å². The van der Waals surface area contributed by atoms with Gasteiger partial charge in [-0.25, -0.2) is 0 Å². The Morgan fingerprint density at radius 1 is 1.04 bits per heavy atom. The zero-order valence-corrected chi connectivity index (χ0v) is 14.5. The van der Waals surface area contributed by atoms with E-state index in [1.807, 2.05) is 32.9 Å². The van der Waals surface area contributed by atoms with Gasteiger partial charge in [0.1, 0.15) is 11.5 Å². The number of allylic oxidation sites excluding steroid dienone is 1. The summed E-state index contributed by atoms with van der Waals surface area (Å²) in [5.41, 5.74) is 2.23. The Labute approximate surface area is 144 Å². The maximum absolute atomic E-state index is 10.0. The summed E-state index contributed by atoms with van der Waals surface area (Å²) in [6.45, 7) is 9.67. The first kappa shape index (κ1) is 19.3. The minimum atomic E-state index is -0.286. The van der Waals surface area contributed by atoms with Crippen LogP contribution in [0.1, 0.15) is 44.4 Å². The van der Waals surface area contributed by atoms with Crippen LogP contribution in [-0.2, 0) is 0 Å². The molecule has 2 aromatic carbocycles. The van der Waals surface area contributed by atoms with Crippen LogP contribution < -0.4 is 5.32 Å². The Kier molecular flexibility index (Phi) is 7.56. The number of benzene rings is 2. The van der Waals surface area contributed by atoms with Crippen LogP contribution in [-0.4, -0.2) is 15.9 Å². The quantitative estimate of drug-likeness (QED) is 0.579. The van der Waals surface area contributed by atoms with E-state index in [4.69, 9.17) is 5.41 Å². The van der Waals surface area contributed by atoms with Crippen LogP contribution in [0.3, 0.4) is 0 Å². The highest BCUT2D eigenvalue weighted by Gasteiger charge is 2.18. The fourth-order valence-electron chi connectivity index (χ4n) is 2.36. The normalized spacial score (nSPS) is 11.0. The van der Waals surface area contributed by atoms with E-state index in [9.17, 15) is 10.2 Å². The number of nitrogens with one attached hydrogen (secondary N) is 2. The number of phenols is 2. The number of hydrogen-bond donors (Lipinski definition) is 4. The molecule has 4 N–H and O–H groups in total. The van der Waals surface area contributed by atoms with E-state index in [0.29, 0.717) is 23.3 Å². The minimum absolute atomic E-state index is 0.0823. The Hall–Kier alpha value is -2.75. The standard InChI is InChI=1S/C18H20N2O2.C2H6/c1-12(2)20-16(14-8-4-6-10-18(14)22)11-15(19)13-7-3-5-9-17(13)21;1-2/h3-10,16,19-22H,1,11H2,2H3;1-2H3. The van der Waals surface area contributed by atoms with E-state index < -0.39 is 0 Å². The lowest BCUT2D eigenvalue weighted by molar-refractivity contribution is 0.455. The Morgan fingerprint density at radius 3 is 2.12 bits per heavy atom. The molecule has 0 spiro atoms. The number of phenolic OH excluding ortho intramolecular Hbond substituents is 2. The molecule has 0 aromatic heterocycles. The third-order valence-electron chi connectivity index (χ3n) is 3.37. The maximum Gasteiger partial charge on any atom is 0.124 e. The van der Waals surface area contributed by atoms with Crippen molar-refractivity contribution in [3.63, 3.8) is 0 Å². The first-order chi connectivity index (χ1) is 11.5. The SMILES string of the molecule is C=C(C)NC(CC(=N)c1ccccc1O)c1ccccc1O.CC. The lowest BCUT2D eigenvalue weighted by Gasteiger charge is -2.22. The van der Waals surface area contributed by atoms with Crippen molar-refractivity contribution in [2.45, 2.75) is 33.2 Å². The topological polar surface area (TPSA) is 76.3 Å². The first-order valence-corrected chi connectivity index (χ1v) is 8.04. The van der Waals surface area contributed by atoms with Crippen molar-refractivity contribution in [3.8, 4) is 11.5 Å². The number of rotatable bonds is 6. The number of hydrogen-bond acceptors (Lipinski definition) is 4. The molecule has 1 atom stereocenters. The molecule has 0 fully saturated rings. The molecule has 4 heteroatoms. The van der Waals surface area contributed by atoms with Gasteiger partial charge >= 0.3 is 0 Å². The van der Waals surface area contributed by atoms with Crippen LogP contribution >= 0.6 is 0 Å². The zero-order chi connectivity index (χ0) is 18.1. The van der Waals surface area contributed by atoms with E-state index in [1.54, 1.807) is 36.4 Å². The van der Waals surface area contributed by atoms with Crippen molar-refractivity contribution in [2.24, 2.45) is 0 Å². The predicted octanol–water partition coefficient (Wildman–Crippen LogP) is 4.75. The van der Waals surface area contributed by atoms with Crippen molar-refractivity contribution in [2.75, 3.05) is 0 Å². The lowest BCUT2D eigenvalue weighted by atomic mass is 9.96. The van der Waals surface area contributed by atoms with Gasteiger partial charge in [-0.2, -0.15) is 0 Å². The zero-order valence-electron chi connectivity index (χ0n) is 14.5. The summed E-state index contributed by atoms with van der Waals surface area (Å²) < 4.78 is 0. The summed E-state index contributed by atoms with van der Waals surface area (Å²) in [7, 11) is 0. The van der Waals surface area contributed by atoms with Crippen LogP contribution in [0.5, 0.6) is 11.5 Å². The highest BCUT2D eigenvalue weighted by Crippen LogP contribution is 2.29. The Bertz CT molecular complexity index is 696. The third kappa shape index (κ3) is 5.16. The molecule has 2 aromatic rings. The van der Waals surface area contributed by atoms with Gasteiger partial charge in [0.2, 0.25) is 0 Å². The summed E-state index contributed by atoms with van der Waals surface area (Å²) >= 11 is 0. The van der Waals surface area contributed by atoms with E-state index in [2.05, 4.69) is 11.9 Å². The molecule has 1 unspecified atom stereocenters. The van der Waals surface area contributed by atoms with Crippen molar-refractivity contribution in [1.29, 1.82) is 5.41 Å². The Balaban J connectivity index is 0.00000139. The van der Waals surface area contributed by atoms with Gasteiger partial charge in [-0.1, -0.05) is 50.8 Å². The highest BCUT2D eigenvalue weighted by molar-refractivity contribution is 6.00. The summed E-state index contributed by atoms with van der Waals surface area (Å²) in [6.07, 6.45) is 0.321. The highest BCUT2D eigenvalue weighted by atomic mass is 16.3. The molecule has 0 saturated heterocycles. The molecule has 0 aliphatic carbocycles. The maximum atomic E-state index is 10.0. The van der Waals surface area contributed by atoms with Crippen LogP contribution in [0.25, 0.3) is 0 Å². The smallest absolute Gasteiger partial charge is 0.124 e. The molecule has 0 aliphatic heterocycles. The molecule has 0 heterocycles. The second kappa shape index (κ2) is 9.40. The van der Waals surface area contributed by atoms with Gasteiger partial charge in [0, 0.05) is 29.0 Å². The van der Waals surface area contributed by atoms with Crippen LogP contribution in [0, 0.1) is 5.41 Å². The van der Waals surface area contributed by atoms with Crippen LogP contribution in [0.2, 0.25) is 0 Å². The molecule has 24 heavy (non-hydrogen) atoms. The monoisotopic (exact) mass is 326 g/mol. The van der Waals surface area contributed by atoms with Crippen LogP contribution in [0.15, 0.2) is 60.8 Å². The number of aromatic hydroxyl groups is 2. The fraction of sp³-hybridized carbons (Fsp3) is 0.250. The summed E-state index contributed by atoms with van der Waals surface area (Å²) in [6, 6.07) is 13.5. The van der Waals surface area contributed by atoms with Gasteiger partial charge in [0.25, 0.3) is 0 Å². The van der Waals surface area contributed by atoms with E-state index in [1.165, 1.54) is 0 Å². The molecule has 4 nitrogen and oxygen atoms in total. The molecule has 2 rings (SSSR count). The fourth-order valence-corrected chi connectivity index (χ4v) is 2.36. The molecule has 0 saturated carbocycles. The van der Waals surface area contributed by atoms with Crippen molar-refractivity contribution in [1.82, 2.24) is 5.32 Å². The second-order valence-electron chi connectivity index (χ2n) is 5.24. The van der Waals surface area contributed by atoms with Gasteiger partial charge in [-0.15, -0.1) is 0 Å². The van der Waals surface area contributed by atoms with Gasteiger partial charge < -0.3 is 20.9 Å². The lowest BCUT2D eigenvalue weighted by Crippen LogP contribution is -2.22. The van der Waals surface area contributed by atoms with E-state index >= 15 is 0 Å². The molecular weight excluding hydrogens is 300 g/mol. The van der Waals surface area contributed by atoms with Gasteiger partial charge in [-0.05, 0) is 25.1 Å². The van der Waals surface area contributed by atoms with E-state index in [0.717, 1.165) is 5.70 Å². The number of para-hydroxylation sites is 2. The van der Waals surface area contributed by atoms with Crippen molar-refractivity contribution >= 4 is 5.71 Å². The van der Waals surface area contributed by atoms with E-state index in [-0.39, 0.29) is 17.5 Å². The predicted molar refractivity (Wildman–Crippen MR) is 99.7 cm³/mol. The Morgan fingerprint density at radius 2 is 1.58 bits per heavy atom.